The third-order valence-corrected chi connectivity index (χ3v) is 6.28. The van der Waals surface area contributed by atoms with Crippen molar-refractivity contribution < 1.29 is 4.79 Å². The fourth-order valence-electron chi connectivity index (χ4n) is 4.31. The Kier molecular flexibility index (Phi) is 6.92. The number of benzene rings is 3. The molecule has 0 saturated carbocycles. The first-order valence-corrected chi connectivity index (χ1v) is 11.9. The van der Waals surface area contributed by atoms with Gasteiger partial charge in [0.2, 0.25) is 0 Å². The van der Waals surface area contributed by atoms with E-state index in [1.165, 1.54) is 0 Å². The van der Waals surface area contributed by atoms with Crippen LogP contribution in [0.3, 0.4) is 0 Å². The molecule has 0 aliphatic rings. The van der Waals surface area contributed by atoms with Gasteiger partial charge in [0, 0.05) is 12.1 Å². The van der Waals surface area contributed by atoms with Crippen molar-refractivity contribution in [2.45, 2.75) is 46.6 Å². The molecule has 0 saturated heterocycles. The number of fused-ring (bicyclic) bond motifs is 1. The SMILES string of the molecule is CCCCN(C(=O)c1ccccc1)C(C)c1nc2ccccc2c(=O)n1-c1cc(C)ccc1C. The molecule has 1 amide bonds. The highest BCUT2D eigenvalue weighted by molar-refractivity contribution is 5.94. The summed E-state index contributed by atoms with van der Waals surface area (Å²) in [5, 5.41) is 0.564. The van der Waals surface area contributed by atoms with Crippen LogP contribution in [0.5, 0.6) is 0 Å². The van der Waals surface area contributed by atoms with Crippen molar-refractivity contribution in [1.29, 1.82) is 0 Å². The predicted octanol–water partition coefficient (Wildman–Crippen LogP) is 6.01. The average molecular weight is 454 g/mol. The van der Waals surface area contributed by atoms with Crippen LogP contribution in [0.15, 0.2) is 77.6 Å². The van der Waals surface area contributed by atoms with Crippen molar-refractivity contribution in [1.82, 2.24) is 14.5 Å². The van der Waals surface area contributed by atoms with Crippen LogP contribution in [0.4, 0.5) is 0 Å². The molecular weight excluding hydrogens is 422 g/mol. The maximum Gasteiger partial charge on any atom is 0.266 e. The first-order valence-electron chi connectivity index (χ1n) is 11.9. The number of hydrogen-bond donors (Lipinski definition) is 0. The third kappa shape index (κ3) is 4.51. The van der Waals surface area contributed by atoms with Crippen molar-refractivity contribution >= 4 is 16.8 Å². The number of aryl methyl sites for hydroxylation is 2. The Balaban J connectivity index is 1.94. The molecule has 0 radical (unpaired) electrons. The number of aromatic nitrogens is 2. The molecule has 174 valence electrons. The molecule has 0 bridgehead atoms. The lowest BCUT2D eigenvalue weighted by molar-refractivity contribution is 0.0678. The van der Waals surface area contributed by atoms with E-state index < -0.39 is 6.04 Å². The van der Waals surface area contributed by atoms with Crippen LogP contribution in [0.25, 0.3) is 16.6 Å². The van der Waals surface area contributed by atoms with Crippen molar-refractivity contribution in [2.24, 2.45) is 0 Å². The highest BCUT2D eigenvalue weighted by Crippen LogP contribution is 2.26. The second-order valence-corrected chi connectivity index (χ2v) is 8.81. The Morgan fingerprint density at radius 3 is 2.44 bits per heavy atom. The number of carbonyl (C=O) groups is 1. The largest absolute Gasteiger partial charge is 0.329 e. The molecule has 4 rings (SSSR count). The zero-order valence-corrected chi connectivity index (χ0v) is 20.3. The molecule has 1 heterocycles. The highest BCUT2D eigenvalue weighted by Gasteiger charge is 2.27. The number of nitrogens with zero attached hydrogens (tertiary/aromatic N) is 3. The smallest absolute Gasteiger partial charge is 0.266 e. The van der Waals surface area contributed by atoms with Crippen molar-refractivity contribution in [3.05, 3.63) is 106 Å². The normalized spacial score (nSPS) is 12.0. The summed E-state index contributed by atoms with van der Waals surface area (Å²) in [5.74, 6) is 0.509. The Bertz CT molecular complexity index is 1380. The van der Waals surface area contributed by atoms with Gasteiger partial charge >= 0.3 is 0 Å². The number of rotatable bonds is 7. The summed E-state index contributed by atoms with van der Waals surface area (Å²) < 4.78 is 1.70. The molecule has 1 aromatic heterocycles. The molecule has 0 aliphatic carbocycles. The lowest BCUT2D eigenvalue weighted by Crippen LogP contribution is -2.38. The Morgan fingerprint density at radius 1 is 1.00 bits per heavy atom. The number of unbranched alkanes of at least 4 members (excludes halogenated alkanes) is 1. The van der Waals surface area contributed by atoms with Gasteiger partial charge in [-0.15, -0.1) is 0 Å². The zero-order chi connectivity index (χ0) is 24.2. The Hall–Kier alpha value is -3.73. The van der Waals surface area contributed by atoms with E-state index in [1.807, 2.05) is 98.5 Å². The maximum atomic E-state index is 13.8. The quantitative estimate of drug-likeness (QED) is 0.344. The van der Waals surface area contributed by atoms with Gasteiger partial charge in [0.1, 0.15) is 5.82 Å². The minimum absolute atomic E-state index is 0.0588. The minimum atomic E-state index is -0.406. The number of amides is 1. The van der Waals surface area contributed by atoms with E-state index in [1.54, 1.807) is 4.57 Å². The van der Waals surface area contributed by atoms with Gasteiger partial charge in [-0.3, -0.25) is 14.2 Å². The second kappa shape index (κ2) is 10.0. The molecule has 1 unspecified atom stereocenters. The molecule has 5 heteroatoms. The van der Waals surface area contributed by atoms with Gasteiger partial charge < -0.3 is 4.90 Å². The maximum absolute atomic E-state index is 13.8. The lowest BCUT2D eigenvalue weighted by Gasteiger charge is -2.31. The van der Waals surface area contributed by atoms with Crippen LogP contribution in [0.1, 0.15) is 60.0 Å². The lowest BCUT2D eigenvalue weighted by atomic mass is 10.1. The summed E-state index contributed by atoms with van der Waals surface area (Å²) >= 11 is 0. The van der Waals surface area contributed by atoms with E-state index in [4.69, 9.17) is 4.98 Å². The fourth-order valence-corrected chi connectivity index (χ4v) is 4.31. The molecule has 4 aromatic rings. The summed E-state index contributed by atoms with van der Waals surface area (Å²) in [6.45, 7) is 8.67. The van der Waals surface area contributed by atoms with Crippen LogP contribution < -0.4 is 5.56 Å². The molecule has 0 N–H and O–H groups in total. The van der Waals surface area contributed by atoms with Crippen molar-refractivity contribution in [3.63, 3.8) is 0 Å². The first-order chi connectivity index (χ1) is 16.4. The topological polar surface area (TPSA) is 55.2 Å². The fraction of sp³-hybridized carbons (Fsp3) is 0.276. The van der Waals surface area contributed by atoms with Gasteiger partial charge in [-0.05, 0) is 68.7 Å². The molecule has 34 heavy (non-hydrogen) atoms. The zero-order valence-electron chi connectivity index (χ0n) is 20.3. The van der Waals surface area contributed by atoms with Crippen LogP contribution in [-0.2, 0) is 0 Å². The van der Waals surface area contributed by atoms with E-state index in [0.29, 0.717) is 28.8 Å². The van der Waals surface area contributed by atoms with Gasteiger partial charge in [-0.25, -0.2) is 4.98 Å². The summed E-state index contributed by atoms with van der Waals surface area (Å²) in [5.41, 5.74) is 3.98. The summed E-state index contributed by atoms with van der Waals surface area (Å²) in [6, 6.07) is 22.4. The van der Waals surface area contributed by atoms with E-state index in [0.717, 1.165) is 29.7 Å². The van der Waals surface area contributed by atoms with Gasteiger partial charge in [0.05, 0.1) is 22.6 Å². The number of para-hydroxylation sites is 1. The molecule has 5 nitrogen and oxygen atoms in total. The summed E-state index contributed by atoms with van der Waals surface area (Å²) in [4.78, 5) is 34.2. The monoisotopic (exact) mass is 453 g/mol. The van der Waals surface area contributed by atoms with E-state index in [9.17, 15) is 9.59 Å². The molecule has 0 spiro atoms. The molecule has 0 fully saturated rings. The highest BCUT2D eigenvalue weighted by atomic mass is 16.2. The van der Waals surface area contributed by atoms with Gasteiger partial charge in [-0.2, -0.15) is 0 Å². The van der Waals surface area contributed by atoms with E-state index >= 15 is 0 Å². The molecule has 1 atom stereocenters. The molecule has 0 aliphatic heterocycles. The Morgan fingerprint density at radius 2 is 1.71 bits per heavy atom. The first kappa shape index (κ1) is 23.4. The summed E-state index contributed by atoms with van der Waals surface area (Å²) in [6.07, 6.45) is 1.82. The van der Waals surface area contributed by atoms with Crippen molar-refractivity contribution in [2.75, 3.05) is 6.54 Å². The van der Waals surface area contributed by atoms with E-state index in [-0.39, 0.29) is 11.5 Å². The van der Waals surface area contributed by atoms with Gasteiger partial charge in [-0.1, -0.05) is 55.8 Å². The number of carbonyl (C=O) groups excluding carboxylic acids is 1. The van der Waals surface area contributed by atoms with Crippen LogP contribution in [0, 0.1) is 13.8 Å². The average Bonchev–Trinajstić information content (AvgIpc) is 2.86. The minimum Gasteiger partial charge on any atom is -0.329 e. The number of hydrogen-bond acceptors (Lipinski definition) is 3. The van der Waals surface area contributed by atoms with Crippen LogP contribution in [-0.4, -0.2) is 26.9 Å². The third-order valence-electron chi connectivity index (χ3n) is 6.28. The van der Waals surface area contributed by atoms with Crippen LogP contribution in [0.2, 0.25) is 0 Å². The van der Waals surface area contributed by atoms with Gasteiger partial charge in [0.25, 0.3) is 11.5 Å². The summed E-state index contributed by atoms with van der Waals surface area (Å²) in [7, 11) is 0. The predicted molar refractivity (Wildman–Crippen MR) is 138 cm³/mol. The standard InChI is InChI=1S/C29H31N3O2/c1-5-6-18-31(28(33)23-12-8-7-9-13-23)22(4)27-30-25-15-11-10-14-24(25)29(34)32(27)26-19-20(2)16-17-21(26)3/h7-17,19,22H,5-6,18H2,1-4H3. The van der Waals surface area contributed by atoms with Crippen molar-refractivity contribution in [3.8, 4) is 5.69 Å². The van der Waals surface area contributed by atoms with E-state index in [2.05, 4.69) is 6.92 Å². The molecular formula is C29H31N3O2. The Labute approximate surface area is 200 Å². The van der Waals surface area contributed by atoms with Gasteiger partial charge in [0.15, 0.2) is 0 Å². The van der Waals surface area contributed by atoms with Crippen LogP contribution >= 0.6 is 0 Å². The molecule has 3 aromatic carbocycles. The second-order valence-electron chi connectivity index (χ2n) is 8.81.